The van der Waals surface area contributed by atoms with Gasteiger partial charge in [0.25, 0.3) is 0 Å². The molecule has 6 aromatic carbocycles. The van der Waals surface area contributed by atoms with E-state index in [9.17, 15) is 0 Å². The zero-order valence-corrected chi connectivity index (χ0v) is 27.0. The number of rotatable bonds is 5. The molecule has 0 spiro atoms. The molecule has 234 valence electrons. The molecule has 10 rings (SSSR count). The lowest BCUT2D eigenvalue weighted by Gasteiger charge is -2.11. The van der Waals surface area contributed by atoms with Crippen molar-refractivity contribution in [2.75, 3.05) is 0 Å². The summed E-state index contributed by atoms with van der Waals surface area (Å²) >= 11 is 0. The Morgan fingerprint density at radius 1 is 0.340 bits per heavy atom. The van der Waals surface area contributed by atoms with Gasteiger partial charge in [0.1, 0.15) is 11.2 Å². The molecule has 4 heteroatoms. The molecule has 10 aromatic rings. The lowest BCUT2D eigenvalue weighted by Crippen LogP contribution is -1.93. The lowest BCUT2D eigenvalue weighted by molar-refractivity contribution is 0.669. The first-order chi connectivity index (χ1) is 24.8. The fourth-order valence-electron chi connectivity index (χ4n) is 7.21. The van der Waals surface area contributed by atoms with E-state index in [4.69, 9.17) is 14.4 Å². The molecule has 4 heterocycles. The Morgan fingerprint density at radius 3 is 1.50 bits per heavy atom. The van der Waals surface area contributed by atoms with Gasteiger partial charge in [-0.3, -0.25) is 0 Å². The van der Waals surface area contributed by atoms with Crippen molar-refractivity contribution in [3.05, 3.63) is 176 Å². The SMILES string of the molecule is c1ccc(-c2cc(-c3cccc(-c4ccc5oc6ccc(-n7c8ccccc8c8ccccc87)cc6c5c4)n3)cc(-c3ccccc3)n2)cc1. The number of para-hydroxylation sites is 2. The molecule has 0 aliphatic carbocycles. The third-order valence-corrected chi connectivity index (χ3v) is 9.60. The number of aromatic nitrogens is 3. The molecule has 0 amide bonds. The maximum Gasteiger partial charge on any atom is 0.135 e. The fraction of sp³-hybridized carbons (Fsp3) is 0. The Hall–Kier alpha value is -6.78. The van der Waals surface area contributed by atoms with Crippen molar-refractivity contribution in [2.24, 2.45) is 0 Å². The van der Waals surface area contributed by atoms with Crippen LogP contribution in [0.4, 0.5) is 0 Å². The van der Waals surface area contributed by atoms with E-state index in [0.717, 1.165) is 72.7 Å². The van der Waals surface area contributed by atoms with E-state index in [1.54, 1.807) is 0 Å². The van der Waals surface area contributed by atoms with Gasteiger partial charge in [0.05, 0.1) is 33.8 Å². The molecule has 0 radical (unpaired) electrons. The van der Waals surface area contributed by atoms with Crippen molar-refractivity contribution in [1.82, 2.24) is 14.5 Å². The van der Waals surface area contributed by atoms with E-state index in [0.29, 0.717) is 0 Å². The van der Waals surface area contributed by atoms with Gasteiger partial charge in [-0.25, -0.2) is 9.97 Å². The topological polar surface area (TPSA) is 43.9 Å². The van der Waals surface area contributed by atoms with Crippen LogP contribution in [-0.4, -0.2) is 14.5 Å². The standard InChI is InChI=1S/C46H29N3O/c1-3-12-30(13-4-1)41-27-33(28-42(48-41)31-14-5-2-6-15-31)40-19-11-18-39(47-40)32-22-24-45-37(26-32)38-29-34(23-25-46(38)50-45)49-43-20-9-7-16-35(43)36-17-8-10-21-44(36)49/h1-29H. The highest BCUT2D eigenvalue weighted by molar-refractivity contribution is 6.11. The Bertz CT molecular complexity index is 2760. The van der Waals surface area contributed by atoms with E-state index in [2.05, 4.69) is 144 Å². The lowest BCUT2D eigenvalue weighted by atomic mass is 10.0. The number of hydrogen-bond acceptors (Lipinski definition) is 3. The Balaban J connectivity index is 1.09. The predicted molar refractivity (Wildman–Crippen MR) is 205 cm³/mol. The largest absolute Gasteiger partial charge is 0.456 e. The first-order valence-electron chi connectivity index (χ1n) is 16.8. The van der Waals surface area contributed by atoms with Crippen LogP contribution in [0.15, 0.2) is 180 Å². The molecule has 0 saturated heterocycles. The van der Waals surface area contributed by atoms with Crippen molar-refractivity contribution in [3.63, 3.8) is 0 Å². The van der Waals surface area contributed by atoms with E-state index in [1.165, 1.54) is 21.8 Å². The number of hydrogen-bond donors (Lipinski definition) is 0. The summed E-state index contributed by atoms with van der Waals surface area (Å²) in [5.74, 6) is 0. The maximum absolute atomic E-state index is 6.36. The van der Waals surface area contributed by atoms with Gasteiger partial charge in [0.15, 0.2) is 0 Å². The van der Waals surface area contributed by atoms with Crippen LogP contribution in [0.2, 0.25) is 0 Å². The molecule has 0 saturated carbocycles. The van der Waals surface area contributed by atoms with Crippen LogP contribution in [0.3, 0.4) is 0 Å². The highest BCUT2D eigenvalue weighted by atomic mass is 16.3. The molecular weight excluding hydrogens is 611 g/mol. The number of fused-ring (bicyclic) bond motifs is 6. The third-order valence-electron chi connectivity index (χ3n) is 9.60. The van der Waals surface area contributed by atoms with Gasteiger partial charge < -0.3 is 8.98 Å². The average Bonchev–Trinajstić information content (AvgIpc) is 3.73. The van der Waals surface area contributed by atoms with E-state index in [1.807, 2.05) is 36.4 Å². The van der Waals surface area contributed by atoms with Crippen LogP contribution in [0.1, 0.15) is 0 Å². The number of benzene rings is 6. The van der Waals surface area contributed by atoms with Crippen molar-refractivity contribution in [1.29, 1.82) is 0 Å². The molecule has 0 aliphatic rings. The molecular formula is C46H29N3O. The van der Waals surface area contributed by atoms with Crippen LogP contribution < -0.4 is 0 Å². The smallest absolute Gasteiger partial charge is 0.135 e. The van der Waals surface area contributed by atoms with Crippen LogP contribution in [0, 0.1) is 0 Å². The van der Waals surface area contributed by atoms with Crippen LogP contribution >= 0.6 is 0 Å². The summed E-state index contributed by atoms with van der Waals surface area (Å²) in [4.78, 5) is 10.3. The van der Waals surface area contributed by atoms with Crippen molar-refractivity contribution in [3.8, 4) is 50.7 Å². The summed E-state index contributed by atoms with van der Waals surface area (Å²) < 4.78 is 8.70. The van der Waals surface area contributed by atoms with Crippen molar-refractivity contribution < 1.29 is 4.42 Å². The second-order valence-corrected chi connectivity index (χ2v) is 12.6. The molecule has 0 atom stereocenters. The first kappa shape index (κ1) is 28.3. The Labute approximate surface area is 288 Å². The van der Waals surface area contributed by atoms with Crippen LogP contribution in [0.5, 0.6) is 0 Å². The first-order valence-corrected chi connectivity index (χ1v) is 16.8. The van der Waals surface area contributed by atoms with Gasteiger partial charge in [0, 0.05) is 49.5 Å². The van der Waals surface area contributed by atoms with Crippen LogP contribution in [-0.2, 0) is 0 Å². The zero-order valence-electron chi connectivity index (χ0n) is 27.0. The molecule has 0 N–H and O–H groups in total. The molecule has 0 fully saturated rings. The second-order valence-electron chi connectivity index (χ2n) is 12.6. The molecule has 0 aliphatic heterocycles. The molecule has 50 heavy (non-hydrogen) atoms. The zero-order chi connectivity index (χ0) is 33.0. The van der Waals surface area contributed by atoms with E-state index < -0.39 is 0 Å². The van der Waals surface area contributed by atoms with Gasteiger partial charge in [-0.1, -0.05) is 103 Å². The highest BCUT2D eigenvalue weighted by Crippen LogP contribution is 2.37. The minimum atomic E-state index is 0.855. The monoisotopic (exact) mass is 639 g/mol. The minimum absolute atomic E-state index is 0.855. The van der Waals surface area contributed by atoms with Gasteiger partial charge in [0.2, 0.25) is 0 Å². The van der Waals surface area contributed by atoms with E-state index >= 15 is 0 Å². The fourth-order valence-corrected chi connectivity index (χ4v) is 7.21. The maximum atomic E-state index is 6.36. The number of furan rings is 1. The summed E-state index contributed by atoms with van der Waals surface area (Å²) in [7, 11) is 0. The average molecular weight is 640 g/mol. The molecule has 0 unspecified atom stereocenters. The summed E-state index contributed by atoms with van der Waals surface area (Å²) in [6.45, 7) is 0. The van der Waals surface area contributed by atoms with Gasteiger partial charge in [-0.2, -0.15) is 0 Å². The van der Waals surface area contributed by atoms with Crippen molar-refractivity contribution in [2.45, 2.75) is 0 Å². The predicted octanol–water partition coefficient (Wildman–Crippen LogP) is 12.1. The van der Waals surface area contributed by atoms with Crippen LogP contribution in [0.25, 0.3) is 94.5 Å². The quantitative estimate of drug-likeness (QED) is 0.188. The minimum Gasteiger partial charge on any atom is -0.456 e. The summed E-state index contributed by atoms with van der Waals surface area (Å²) in [5.41, 5.74) is 13.0. The summed E-state index contributed by atoms with van der Waals surface area (Å²) in [6.07, 6.45) is 0. The molecule has 4 aromatic heterocycles. The normalized spacial score (nSPS) is 11.6. The summed E-state index contributed by atoms with van der Waals surface area (Å²) in [5, 5.41) is 4.63. The second kappa shape index (κ2) is 11.4. The number of nitrogens with zero attached hydrogens (tertiary/aromatic N) is 3. The van der Waals surface area contributed by atoms with E-state index in [-0.39, 0.29) is 0 Å². The molecule has 4 nitrogen and oxygen atoms in total. The van der Waals surface area contributed by atoms with Gasteiger partial charge in [-0.05, 0) is 72.8 Å². The van der Waals surface area contributed by atoms with Gasteiger partial charge >= 0.3 is 0 Å². The third kappa shape index (κ3) is 4.69. The highest BCUT2D eigenvalue weighted by Gasteiger charge is 2.16. The van der Waals surface area contributed by atoms with Gasteiger partial charge in [-0.15, -0.1) is 0 Å². The Morgan fingerprint density at radius 2 is 0.860 bits per heavy atom. The van der Waals surface area contributed by atoms with Crippen molar-refractivity contribution >= 4 is 43.7 Å². The molecule has 0 bridgehead atoms. The summed E-state index contributed by atoms with van der Waals surface area (Å²) in [6, 6.07) is 61.2. The Kier molecular flexibility index (Phi) is 6.46. The number of pyridine rings is 2.